The van der Waals surface area contributed by atoms with Gasteiger partial charge in [0.15, 0.2) is 0 Å². The Hall–Kier alpha value is -1.60. The average molecular weight is 254 g/mol. The largest absolute Gasteiger partial charge is 0.373 e. The Bertz CT molecular complexity index is 479. The summed E-state index contributed by atoms with van der Waals surface area (Å²) in [5.74, 6) is -0.0649. The van der Waals surface area contributed by atoms with Crippen LogP contribution in [0.2, 0.25) is 0 Å². The van der Waals surface area contributed by atoms with Crippen LogP contribution in [0, 0.1) is 6.92 Å². The van der Waals surface area contributed by atoms with Gasteiger partial charge in [-0.15, -0.1) is 0 Å². The maximum absolute atomic E-state index is 12.1. The third kappa shape index (κ3) is 2.62. The molecule has 1 aliphatic rings. The lowest BCUT2D eigenvalue weighted by molar-refractivity contribution is -0.137. The number of carbonyl (C=O) groups is 1. The number of aryl methyl sites for hydroxylation is 1. The van der Waals surface area contributed by atoms with E-state index in [1.807, 2.05) is 0 Å². The number of aromatic amines is 2. The molecule has 0 saturated carbocycles. The summed E-state index contributed by atoms with van der Waals surface area (Å²) < 4.78 is 5.40. The highest BCUT2D eigenvalue weighted by molar-refractivity contribution is 5.79. The van der Waals surface area contributed by atoms with Gasteiger partial charge < -0.3 is 20.5 Å². The highest BCUT2D eigenvalue weighted by atomic mass is 16.5. The van der Waals surface area contributed by atoms with Crippen LogP contribution in [0.15, 0.2) is 4.79 Å². The van der Waals surface area contributed by atoms with Crippen molar-refractivity contribution >= 4 is 5.91 Å². The number of H-pyrrole nitrogens is 2. The lowest BCUT2D eigenvalue weighted by Gasteiger charge is -2.32. The van der Waals surface area contributed by atoms with Crippen molar-refractivity contribution in [1.82, 2.24) is 15.1 Å². The van der Waals surface area contributed by atoms with Crippen molar-refractivity contribution in [2.24, 2.45) is 5.73 Å². The second-order valence-electron chi connectivity index (χ2n) is 4.43. The molecular weight excluding hydrogens is 236 g/mol. The van der Waals surface area contributed by atoms with Crippen LogP contribution in [-0.4, -0.2) is 53.3 Å². The normalized spacial score (nSPS) is 20.1. The number of morpholine rings is 1. The topological polar surface area (TPSA) is 104 Å². The molecule has 100 valence electrons. The zero-order valence-electron chi connectivity index (χ0n) is 10.4. The van der Waals surface area contributed by atoms with Crippen molar-refractivity contribution in [2.75, 3.05) is 26.2 Å². The van der Waals surface area contributed by atoms with E-state index in [2.05, 4.69) is 10.2 Å². The first kappa shape index (κ1) is 12.8. The minimum Gasteiger partial charge on any atom is -0.373 e. The Morgan fingerprint density at radius 3 is 2.94 bits per heavy atom. The maximum Gasteiger partial charge on any atom is 0.267 e. The monoisotopic (exact) mass is 254 g/mol. The molecule has 18 heavy (non-hydrogen) atoms. The van der Waals surface area contributed by atoms with Crippen molar-refractivity contribution in [2.45, 2.75) is 19.4 Å². The molecule has 1 aromatic rings. The van der Waals surface area contributed by atoms with Gasteiger partial charge in [0, 0.05) is 30.9 Å². The van der Waals surface area contributed by atoms with Crippen LogP contribution < -0.4 is 11.3 Å². The molecule has 1 aliphatic heterocycles. The molecule has 0 spiro atoms. The molecular formula is C11H18N4O3. The number of nitrogens with two attached hydrogens (primary N) is 1. The molecule has 7 nitrogen and oxygen atoms in total. The van der Waals surface area contributed by atoms with E-state index >= 15 is 0 Å². The number of nitrogens with zero attached hydrogens (tertiary/aromatic N) is 1. The lowest BCUT2D eigenvalue weighted by Crippen LogP contribution is -2.48. The number of aromatic nitrogens is 2. The fraction of sp³-hybridized carbons (Fsp3) is 0.636. The van der Waals surface area contributed by atoms with Crippen LogP contribution in [0.4, 0.5) is 0 Å². The quantitative estimate of drug-likeness (QED) is 0.626. The van der Waals surface area contributed by atoms with Gasteiger partial charge in [-0.2, -0.15) is 0 Å². The second kappa shape index (κ2) is 5.36. The zero-order valence-corrected chi connectivity index (χ0v) is 10.4. The summed E-state index contributed by atoms with van der Waals surface area (Å²) in [4.78, 5) is 25.3. The van der Waals surface area contributed by atoms with Crippen molar-refractivity contribution in [3.8, 4) is 0 Å². The predicted octanol–water partition coefficient (Wildman–Crippen LogP) is -1.26. The zero-order chi connectivity index (χ0) is 13.1. The molecule has 1 atom stereocenters. The van der Waals surface area contributed by atoms with E-state index in [9.17, 15) is 9.59 Å². The summed E-state index contributed by atoms with van der Waals surface area (Å²) in [5, 5.41) is 5.18. The first-order valence-electron chi connectivity index (χ1n) is 5.97. The fourth-order valence-electron chi connectivity index (χ4n) is 2.04. The van der Waals surface area contributed by atoms with E-state index in [4.69, 9.17) is 10.5 Å². The molecule has 4 N–H and O–H groups in total. The van der Waals surface area contributed by atoms with Gasteiger partial charge in [-0.05, 0) is 6.92 Å². The standard InChI is InChI=1S/C11H18N4O3/c1-7-9(11(17)14-13-7)4-10(16)15-2-3-18-8(5-12)6-15/h8H,2-6,12H2,1H3,(H2,13,14,17)/t8-/m1/s1. The number of amides is 1. The predicted molar refractivity (Wildman–Crippen MR) is 65.2 cm³/mol. The third-order valence-electron chi connectivity index (χ3n) is 3.17. The van der Waals surface area contributed by atoms with Crippen LogP contribution in [-0.2, 0) is 16.0 Å². The molecule has 0 radical (unpaired) electrons. The smallest absolute Gasteiger partial charge is 0.267 e. The fourth-order valence-corrected chi connectivity index (χ4v) is 2.04. The highest BCUT2D eigenvalue weighted by Gasteiger charge is 2.24. The third-order valence-corrected chi connectivity index (χ3v) is 3.17. The van der Waals surface area contributed by atoms with Gasteiger partial charge in [0.2, 0.25) is 5.91 Å². The molecule has 1 fully saturated rings. The van der Waals surface area contributed by atoms with Crippen LogP contribution in [0.5, 0.6) is 0 Å². The number of rotatable bonds is 3. The van der Waals surface area contributed by atoms with E-state index in [1.165, 1.54) is 0 Å². The molecule has 0 bridgehead atoms. The summed E-state index contributed by atoms with van der Waals surface area (Å²) in [7, 11) is 0. The number of nitrogens with one attached hydrogen (secondary N) is 2. The van der Waals surface area contributed by atoms with Gasteiger partial charge in [-0.3, -0.25) is 14.7 Å². The number of ether oxygens (including phenoxy) is 1. The Kier molecular flexibility index (Phi) is 3.83. The summed E-state index contributed by atoms with van der Waals surface area (Å²) in [6, 6.07) is 0. The Morgan fingerprint density at radius 2 is 2.33 bits per heavy atom. The summed E-state index contributed by atoms with van der Waals surface area (Å²) in [6.45, 7) is 3.71. The van der Waals surface area contributed by atoms with Crippen molar-refractivity contribution < 1.29 is 9.53 Å². The minimum atomic E-state index is -0.232. The SMILES string of the molecule is Cc1[nH][nH]c(=O)c1CC(=O)N1CCO[C@H](CN)C1. The molecule has 1 amide bonds. The number of hydrogen-bond donors (Lipinski definition) is 3. The number of carbonyl (C=O) groups excluding carboxylic acids is 1. The first-order valence-corrected chi connectivity index (χ1v) is 5.97. The summed E-state index contributed by atoms with van der Waals surface area (Å²) in [6.07, 6.45) is 0.00963. The van der Waals surface area contributed by atoms with Crippen LogP contribution in [0.1, 0.15) is 11.3 Å². The second-order valence-corrected chi connectivity index (χ2v) is 4.43. The molecule has 2 rings (SSSR count). The molecule has 7 heteroatoms. The van der Waals surface area contributed by atoms with E-state index in [0.717, 1.165) is 0 Å². The molecule has 0 aliphatic carbocycles. The van der Waals surface area contributed by atoms with E-state index in [-0.39, 0.29) is 24.0 Å². The van der Waals surface area contributed by atoms with Crippen molar-refractivity contribution in [3.63, 3.8) is 0 Å². The summed E-state index contributed by atoms with van der Waals surface area (Å²) >= 11 is 0. The van der Waals surface area contributed by atoms with Crippen molar-refractivity contribution in [1.29, 1.82) is 0 Å². The molecule has 0 unspecified atom stereocenters. The molecule has 0 aromatic carbocycles. The van der Waals surface area contributed by atoms with Crippen molar-refractivity contribution in [3.05, 3.63) is 21.6 Å². The molecule has 1 aromatic heterocycles. The first-order chi connectivity index (χ1) is 8.61. The van der Waals surface area contributed by atoms with Gasteiger partial charge in [-0.1, -0.05) is 0 Å². The van der Waals surface area contributed by atoms with Crippen LogP contribution in [0.25, 0.3) is 0 Å². The Morgan fingerprint density at radius 1 is 1.56 bits per heavy atom. The Balaban J connectivity index is 2.02. The van der Waals surface area contributed by atoms with Gasteiger partial charge in [0.05, 0.1) is 19.1 Å². The average Bonchev–Trinajstić information content (AvgIpc) is 2.70. The van der Waals surface area contributed by atoms with E-state index in [0.29, 0.717) is 37.5 Å². The highest BCUT2D eigenvalue weighted by Crippen LogP contribution is 2.07. The van der Waals surface area contributed by atoms with Gasteiger partial charge in [0.1, 0.15) is 0 Å². The van der Waals surface area contributed by atoms with E-state index < -0.39 is 0 Å². The lowest BCUT2D eigenvalue weighted by atomic mass is 10.1. The van der Waals surface area contributed by atoms with E-state index in [1.54, 1.807) is 11.8 Å². The Labute approximate surface area is 104 Å². The number of hydrogen-bond acceptors (Lipinski definition) is 4. The van der Waals surface area contributed by atoms with Gasteiger partial charge in [0.25, 0.3) is 5.56 Å². The molecule has 1 saturated heterocycles. The van der Waals surface area contributed by atoms with Crippen LogP contribution in [0.3, 0.4) is 0 Å². The minimum absolute atomic E-state index is 0.0649. The van der Waals surface area contributed by atoms with Gasteiger partial charge in [-0.25, -0.2) is 0 Å². The maximum atomic E-state index is 12.1. The molecule has 2 heterocycles. The van der Waals surface area contributed by atoms with Crippen LogP contribution >= 0.6 is 0 Å². The summed E-state index contributed by atoms with van der Waals surface area (Å²) in [5.41, 5.74) is 6.50. The van der Waals surface area contributed by atoms with Gasteiger partial charge >= 0.3 is 0 Å².